The predicted octanol–water partition coefficient (Wildman–Crippen LogP) is 2.33. The minimum Gasteiger partial charge on any atom is -0.381 e. The number of ether oxygens (including phenoxy) is 3. The van der Waals surface area contributed by atoms with E-state index in [1.54, 1.807) is 0 Å². The van der Waals surface area contributed by atoms with Crippen molar-refractivity contribution >= 4 is 17.7 Å². The van der Waals surface area contributed by atoms with E-state index in [1.165, 1.54) is 0 Å². The molecule has 4 aliphatic heterocycles. The van der Waals surface area contributed by atoms with Gasteiger partial charge in [-0.3, -0.25) is 4.79 Å². The molecule has 0 radical (unpaired) electrons. The maximum Gasteiger partial charge on any atom is 0.225 e. The third kappa shape index (κ3) is 4.34. The van der Waals surface area contributed by atoms with E-state index < -0.39 is 0 Å². The summed E-state index contributed by atoms with van der Waals surface area (Å²) in [6.07, 6.45) is 6.56. The van der Waals surface area contributed by atoms with Gasteiger partial charge in [-0.1, -0.05) is 0 Å². The standard InChI is InChI=1S/C19H31NO4S/c21-18(16-4-9-25-10-5-16)20-13-19(14-20)11-17(3-8-24-19)23-12-15-1-6-22-7-2-15/h15-17H,1-14H2/t17-/m1/s1. The van der Waals surface area contributed by atoms with Crippen LogP contribution in [0.2, 0.25) is 0 Å². The second-order valence-corrected chi connectivity index (χ2v) is 9.34. The molecule has 0 unspecified atom stereocenters. The molecule has 4 heterocycles. The van der Waals surface area contributed by atoms with E-state index in [9.17, 15) is 4.79 Å². The first-order valence-electron chi connectivity index (χ1n) is 9.94. The van der Waals surface area contributed by atoms with Crippen molar-refractivity contribution in [3.05, 3.63) is 0 Å². The van der Waals surface area contributed by atoms with Crippen LogP contribution in [0.1, 0.15) is 38.5 Å². The quantitative estimate of drug-likeness (QED) is 0.761. The van der Waals surface area contributed by atoms with Gasteiger partial charge in [-0.05, 0) is 49.5 Å². The SMILES string of the molecule is O=C(C1CCSCC1)N1CC2(C[C@H](OCC3CCOCC3)CCO2)C1. The lowest BCUT2D eigenvalue weighted by Gasteiger charge is -2.53. The lowest BCUT2D eigenvalue weighted by atomic mass is 9.83. The summed E-state index contributed by atoms with van der Waals surface area (Å²) in [4.78, 5) is 14.7. The number of rotatable bonds is 4. The van der Waals surface area contributed by atoms with Gasteiger partial charge in [0.15, 0.2) is 0 Å². The van der Waals surface area contributed by atoms with Gasteiger partial charge in [0.1, 0.15) is 5.60 Å². The Bertz CT molecular complexity index is 456. The fourth-order valence-electron chi connectivity index (χ4n) is 4.54. The van der Waals surface area contributed by atoms with Crippen molar-refractivity contribution < 1.29 is 19.0 Å². The van der Waals surface area contributed by atoms with Gasteiger partial charge in [0, 0.05) is 38.8 Å². The van der Waals surface area contributed by atoms with Crippen LogP contribution in [-0.2, 0) is 19.0 Å². The van der Waals surface area contributed by atoms with E-state index in [0.717, 1.165) is 89.5 Å². The van der Waals surface area contributed by atoms with Gasteiger partial charge in [0.25, 0.3) is 0 Å². The molecule has 5 nitrogen and oxygen atoms in total. The van der Waals surface area contributed by atoms with Crippen LogP contribution >= 0.6 is 11.8 Å². The molecule has 0 saturated carbocycles. The molecule has 4 saturated heterocycles. The summed E-state index contributed by atoms with van der Waals surface area (Å²) >= 11 is 1.97. The number of carbonyl (C=O) groups is 1. The molecule has 1 atom stereocenters. The molecular weight excluding hydrogens is 338 g/mol. The van der Waals surface area contributed by atoms with E-state index >= 15 is 0 Å². The van der Waals surface area contributed by atoms with Crippen LogP contribution < -0.4 is 0 Å². The fourth-order valence-corrected chi connectivity index (χ4v) is 5.65. The van der Waals surface area contributed by atoms with Crippen molar-refractivity contribution in [3.63, 3.8) is 0 Å². The Hall–Kier alpha value is -0.300. The number of amides is 1. The molecular formula is C19H31NO4S. The molecule has 1 amide bonds. The Morgan fingerprint density at radius 2 is 1.84 bits per heavy atom. The van der Waals surface area contributed by atoms with E-state index in [-0.39, 0.29) is 11.5 Å². The van der Waals surface area contributed by atoms with Gasteiger partial charge in [0.2, 0.25) is 5.91 Å². The van der Waals surface area contributed by atoms with Crippen LogP contribution in [-0.4, -0.2) is 73.5 Å². The molecule has 4 rings (SSSR count). The van der Waals surface area contributed by atoms with E-state index in [4.69, 9.17) is 14.2 Å². The Labute approximate surface area is 155 Å². The minimum absolute atomic E-state index is 0.127. The molecule has 4 aliphatic rings. The van der Waals surface area contributed by atoms with E-state index in [2.05, 4.69) is 0 Å². The molecule has 142 valence electrons. The van der Waals surface area contributed by atoms with Crippen molar-refractivity contribution in [1.82, 2.24) is 4.90 Å². The molecule has 0 aromatic rings. The highest BCUT2D eigenvalue weighted by atomic mass is 32.2. The number of likely N-dealkylation sites (tertiary alicyclic amines) is 1. The topological polar surface area (TPSA) is 48.0 Å². The van der Waals surface area contributed by atoms with Crippen LogP contribution in [0, 0.1) is 11.8 Å². The highest BCUT2D eigenvalue weighted by molar-refractivity contribution is 7.99. The van der Waals surface area contributed by atoms with Gasteiger partial charge in [-0.2, -0.15) is 11.8 Å². The molecule has 4 fully saturated rings. The van der Waals surface area contributed by atoms with Gasteiger partial charge in [-0.15, -0.1) is 0 Å². The maximum atomic E-state index is 12.6. The van der Waals surface area contributed by atoms with Crippen LogP contribution in [0.15, 0.2) is 0 Å². The predicted molar refractivity (Wildman–Crippen MR) is 97.8 cm³/mol. The van der Waals surface area contributed by atoms with Gasteiger partial charge >= 0.3 is 0 Å². The van der Waals surface area contributed by atoms with Crippen LogP contribution in [0.4, 0.5) is 0 Å². The lowest BCUT2D eigenvalue weighted by Crippen LogP contribution is -2.68. The van der Waals surface area contributed by atoms with Gasteiger partial charge in [0.05, 0.1) is 19.2 Å². The van der Waals surface area contributed by atoms with Crippen molar-refractivity contribution in [2.24, 2.45) is 11.8 Å². The first kappa shape index (κ1) is 18.1. The zero-order chi connectivity index (χ0) is 17.1. The van der Waals surface area contributed by atoms with E-state index in [1.807, 2.05) is 16.7 Å². The highest BCUT2D eigenvalue weighted by Gasteiger charge is 2.50. The van der Waals surface area contributed by atoms with E-state index in [0.29, 0.717) is 17.9 Å². The van der Waals surface area contributed by atoms with Crippen molar-refractivity contribution in [3.8, 4) is 0 Å². The second kappa shape index (κ2) is 8.15. The zero-order valence-electron chi connectivity index (χ0n) is 15.1. The molecule has 0 aromatic carbocycles. The summed E-state index contributed by atoms with van der Waals surface area (Å²) in [6, 6.07) is 0. The summed E-state index contributed by atoms with van der Waals surface area (Å²) in [5.41, 5.74) is -0.127. The molecule has 0 aromatic heterocycles. The Balaban J connectivity index is 1.22. The lowest BCUT2D eigenvalue weighted by molar-refractivity contribution is -0.205. The largest absolute Gasteiger partial charge is 0.381 e. The number of hydrogen-bond acceptors (Lipinski definition) is 5. The first-order valence-corrected chi connectivity index (χ1v) is 11.1. The summed E-state index contributed by atoms with van der Waals surface area (Å²) in [7, 11) is 0. The molecule has 25 heavy (non-hydrogen) atoms. The first-order chi connectivity index (χ1) is 12.2. The fraction of sp³-hybridized carbons (Fsp3) is 0.947. The van der Waals surface area contributed by atoms with Crippen molar-refractivity contribution in [1.29, 1.82) is 0 Å². The zero-order valence-corrected chi connectivity index (χ0v) is 15.9. The number of nitrogens with zero attached hydrogens (tertiary/aromatic N) is 1. The van der Waals surface area contributed by atoms with Crippen molar-refractivity contribution in [2.45, 2.75) is 50.2 Å². The minimum atomic E-state index is -0.127. The third-order valence-corrected chi connectivity index (χ3v) is 7.25. The average molecular weight is 370 g/mol. The maximum absolute atomic E-state index is 12.6. The summed E-state index contributed by atoms with van der Waals surface area (Å²) in [5.74, 6) is 3.53. The second-order valence-electron chi connectivity index (χ2n) is 8.12. The summed E-state index contributed by atoms with van der Waals surface area (Å²) in [5, 5.41) is 0. The summed E-state index contributed by atoms with van der Waals surface area (Å²) in [6.45, 7) is 4.91. The summed E-state index contributed by atoms with van der Waals surface area (Å²) < 4.78 is 17.7. The van der Waals surface area contributed by atoms with Crippen LogP contribution in [0.25, 0.3) is 0 Å². The smallest absolute Gasteiger partial charge is 0.225 e. The molecule has 0 aliphatic carbocycles. The molecule has 1 spiro atoms. The number of carbonyl (C=O) groups excluding carboxylic acids is 1. The third-order valence-electron chi connectivity index (χ3n) is 6.20. The molecule has 0 bridgehead atoms. The monoisotopic (exact) mass is 369 g/mol. The number of hydrogen-bond donors (Lipinski definition) is 0. The van der Waals surface area contributed by atoms with Crippen molar-refractivity contribution in [2.75, 3.05) is 51.0 Å². The average Bonchev–Trinajstić information content (AvgIpc) is 2.65. The van der Waals surface area contributed by atoms with Crippen LogP contribution in [0.3, 0.4) is 0 Å². The Morgan fingerprint density at radius 1 is 1.08 bits per heavy atom. The Morgan fingerprint density at radius 3 is 2.60 bits per heavy atom. The Kier molecular flexibility index (Phi) is 5.90. The number of thioether (sulfide) groups is 1. The van der Waals surface area contributed by atoms with Crippen LogP contribution in [0.5, 0.6) is 0 Å². The van der Waals surface area contributed by atoms with Gasteiger partial charge < -0.3 is 19.1 Å². The normalized spacial score (nSPS) is 31.0. The molecule has 6 heteroatoms. The van der Waals surface area contributed by atoms with Gasteiger partial charge in [-0.25, -0.2) is 0 Å². The highest BCUT2D eigenvalue weighted by Crippen LogP contribution is 2.37. The molecule has 0 N–H and O–H groups in total.